The van der Waals surface area contributed by atoms with Crippen molar-refractivity contribution >= 4 is 18.2 Å². The van der Waals surface area contributed by atoms with E-state index in [0.717, 1.165) is 31.5 Å². The minimum atomic E-state index is -1.47. The van der Waals surface area contributed by atoms with Crippen molar-refractivity contribution in [3.8, 4) is 0 Å². The summed E-state index contributed by atoms with van der Waals surface area (Å²) in [6.45, 7) is 10.4. The molecular weight excluding hydrogens is 400 g/mol. The number of piperidine rings is 1. The molecule has 1 aromatic rings. The summed E-state index contributed by atoms with van der Waals surface area (Å²) in [5.74, 6) is -1.11. The summed E-state index contributed by atoms with van der Waals surface area (Å²) in [4.78, 5) is 35.5. The molecule has 0 radical (unpaired) electrons. The van der Waals surface area contributed by atoms with Gasteiger partial charge in [0.05, 0.1) is 0 Å². The molecule has 0 aromatic heterocycles. The number of nitrogens with zero attached hydrogens (tertiary/aromatic N) is 1. The Balaban J connectivity index is 0.000000442. The van der Waals surface area contributed by atoms with E-state index in [1.807, 2.05) is 30.3 Å². The third-order valence-corrected chi connectivity index (χ3v) is 5.25. The molecule has 8 nitrogen and oxygen atoms in total. The number of rotatable bonds is 6. The zero-order chi connectivity index (χ0) is 23.5. The summed E-state index contributed by atoms with van der Waals surface area (Å²) in [5, 5.41) is 20.6. The molecule has 1 aliphatic heterocycles. The predicted molar refractivity (Wildman–Crippen MR) is 118 cm³/mol. The van der Waals surface area contributed by atoms with Crippen LogP contribution in [0.25, 0.3) is 0 Å². The number of aliphatic carboxylic acids is 1. The summed E-state index contributed by atoms with van der Waals surface area (Å²) in [6, 6.07) is 9.19. The molecule has 1 atom stereocenters. The van der Waals surface area contributed by atoms with Crippen LogP contribution in [0.3, 0.4) is 0 Å². The van der Waals surface area contributed by atoms with E-state index >= 15 is 0 Å². The molecule has 8 heteroatoms. The zero-order valence-electron chi connectivity index (χ0n) is 18.6. The van der Waals surface area contributed by atoms with Crippen molar-refractivity contribution in [1.29, 1.82) is 0 Å². The summed E-state index contributed by atoms with van der Waals surface area (Å²) < 4.78 is 5.13. The van der Waals surface area contributed by atoms with Crippen molar-refractivity contribution < 1.29 is 29.3 Å². The molecule has 0 bridgehead atoms. The van der Waals surface area contributed by atoms with Gasteiger partial charge >= 0.3 is 18.2 Å². The van der Waals surface area contributed by atoms with Gasteiger partial charge in [-0.25, -0.2) is 14.4 Å². The average molecular weight is 435 g/mol. The van der Waals surface area contributed by atoms with E-state index in [9.17, 15) is 19.5 Å². The molecule has 0 saturated carbocycles. The van der Waals surface area contributed by atoms with Gasteiger partial charge in [-0.3, -0.25) is 0 Å². The van der Waals surface area contributed by atoms with Crippen LogP contribution in [0.1, 0.15) is 52.0 Å². The highest BCUT2D eigenvalue weighted by atomic mass is 16.5. The van der Waals surface area contributed by atoms with Crippen LogP contribution >= 0.6 is 0 Å². The van der Waals surface area contributed by atoms with E-state index in [-0.39, 0.29) is 13.0 Å². The number of hydrogen-bond acceptors (Lipinski definition) is 4. The molecule has 1 saturated heterocycles. The van der Waals surface area contributed by atoms with Crippen molar-refractivity contribution in [2.45, 2.75) is 58.6 Å². The van der Waals surface area contributed by atoms with E-state index in [0.29, 0.717) is 0 Å². The second-order valence-electron chi connectivity index (χ2n) is 8.47. The number of carboxylic acids is 1. The number of hydrogen-bond donors (Lipinski definition) is 3. The SMILES string of the molecule is C=CC[C@](NC(=O)OCc1ccccc1)(C(=O)O)C(C)(C)C.O=C(O)N1CCCCC1. The van der Waals surface area contributed by atoms with Crippen LogP contribution < -0.4 is 5.32 Å². The summed E-state index contributed by atoms with van der Waals surface area (Å²) in [5.41, 5.74) is -1.35. The topological polar surface area (TPSA) is 116 Å². The van der Waals surface area contributed by atoms with Gasteiger partial charge in [0, 0.05) is 13.1 Å². The van der Waals surface area contributed by atoms with Gasteiger partial charge < -0.3 is 25.2 Å². The Hall–Kier alpha value is -3.03. The van der Waals surface area contributed by atoms with Crippen LogP contribution in [-0.4, -0.2) is 51.9 Å². The quantitative estimate of drug-likeness (QED) is 0.567. The van der Waals surface area contributed by atoms with E-state index in [1.165, 1.54) is 17.4 Å². The summed E-state index contributed by atoms with van der Waals surface area (Å²) >= 11 is 0. The van der Waals surface area contributed by atoms with Gasteiger partial charge in [-0.05, 0) is 36.7 Å². The molecule has 0 unspecified atom stereocenters. The standard InChI is InChI=1S/C17H23NO4.C6H11NO2/c1-5-11-17(14(19)20,16(2,3)4)18-15(21)22-12-13-9-7-6-8-10-13;8-6(9)7-4-2-1-3-5-7/h5-10H,1,11-12H2,2-4H3,(H,18,21)(H,19,20);1-5H2,(H,8,9)/t17-;/m0./s1. The Morgan fingerprint density at radius 1 is 1.10 bits per heavy atom. The fraction of sp³-hybridized carbons (Fsp3) is 0.522. The average Bonchev–Trinajstić information content (AvgIpc) is 2.72. The van der Waals surface area contributed by atoms with Gasteiger partial charge in [-0.15, -0.1) is 6.58 Å². The Kier molecular flexibility index (Phi) is 10.0. The normalized spacial score (nSPS) is 15.5. The summed E-state index contributed by atoms with van der Waals surface area (Å²) in [7, 11) is 0. The minimum Gasteiger partial charge on any atom is -0.479 e. The minimum absolute atomic E-state index is 0.0839. The first-order valence-corrected chi connectivity index (χ1v) is 10.3. The first-order valence-electron chi connectivity index (χ1n) is 10.3. The lowest BCUT2D eigenvalue weighted by Crippen LogP contribution is -2.62. The van der Waals surface area contributed by atoms with Gasteiger partial charge in [0.25, 0.3) is 0 Å². The molecule has 2 amide bonds. The maximum Gasteiger partial charge on any atom is 0.408 e. The van der Waals surface area contributed by atoms with Gasteiger partial charge in [-0.2, -0.15) is 0 Å². The number of carbonyl (C=O) groups is 3. The molecule has 3 N–H and O–H groups in total. The van der Waals surface area contributed by atoms with E-state index in [1.54, 1.807) is 20.8 Å². The molecule has 2 rings (SSSR count). The lowest BCUT2D eigenvalue weighted by molar-refractivity contribution is -0.149. The van der Waals surface area contributed by atoms with Crippen LogP contribution in [0.2, 0.25) is 0 Å². The van der Waals surface area contributed by atoms with Crippen LogP contribution in [0.4, 0.5) is 9.59 Å². The van der Waals surface area contributed by atoms with Gasteiger partial charge in [0.1, 0.15) is 12.1 Å². The Morgan fingerprint density at radius 2 is 1.68 bits per heavy atom. The van der Waals surface area contributed by atoms with E-state index in [2.05, 4.69) is 11.9 Å². The number of carboxylic acid groups (broad SMARTS) is 2. The Bertz CT molecular complexity index is 738. The van der Waals surface area contributed by atoms with E-state index in [4.69, 9.17) is 9.84 Å². The molecule has 0 spiro atoms. The van der Waals surface area contributed by atoms with E-state index < -0.39 is 29.1 Å². The fourth-order valence-corrected chi connectivity index (χ4v) is 3.24. The lowest BCUT2D eigenvalue weighted by Gasteiger charge is -2.40. The van der Waals surface area contributed by atoms with Crippen LogP contribution in [0, 0.1) is 5.41 Å². The van der Waals surface area contributed by atoms with Crippen LogP contribution in [0.15, 0.2) is 43.0 Å². The maximum absolute atomic E-state index is 12.0. The number of benzene rings is 1. The number of ether oxygens (including phenoxy) is 1. The highest BCUT2D eigenvalue weighted by Gasteiger charge is 2.49. The van der Waals surface area contributed by atoms with Gasteiger partial charge in [-0.1, -0.05) is 57.2 Å². The number of amides is 2. The monoisotopic (exact) mass is 434 g/mol. The predicted octanol–water partition coefficient (Wildman–Crippen LogP) is 4.51. The van der Waals surface area contributed by atoms with Crippen molar-refractivity contribution in [1.82, 2.24) is 10.2 Å². The first-order chi connectivity index (χ1) is 14.5. The molecule has 1 fully saturated rings. The van der Waals surface area contributed by atoms with Crippen molar-refractivity contribution in [3.05, 3.63) is 48.6 Å². The number of nitrogens with one attached hydrogen (secondary N) is 1. The smallest absolute Gasteiger partial charge is 0.408 e. The highest BCUT2D eigenvalue weighted by Crippen LogP contribution is 2.34. The van der Waals surface area contributed by atoms with Gasteiger partial charge in [0.2, 0.25) is 0 Å². The van der Waals surface area contributed by atoms with Crippen molar-refractivity contribution in [2.24, 2.45) is 5.41 Å². The zero-order valence-corrected chi connectivity index (χ0v) is 18.6. The maximum atomic E-state index is 12.0. The molecule has 0 aliphatic carbocycles. The fourth-order valence-electron chi connectivity index (χ4n) is 3.24. The number of alkyl carbamates (subject to hydrolysis) is 1. The van der Waals surface area contributed by atoms with Crippen LogP contribution in [-0.2, 0) is 16.1 Å². The molecular formula is C23H34N2O6. The van der Waals surface area contributed by atoms with Crippen molar-refractivity contribution in [2.75, 3.05) is 13.1 Å². The second kappa shape index (κ2) is 12.0. The molecule has 172 valence electrons. The molecule has 31 heavy (non-hydrogen) atoms. The van der Waals surface area contributed by atoms with Crippen LogP contribution in [0.5, 0.6) is 0 Å². The first kappa shape index (κ1) is 26.0. The Morgan fingerprint density at radius 3 is 2.10 bits per heavy atom. The third-order valence-electron chi connectivity index (χ3n) is 5.25. The number of carbonyl (C=O) groups excluding carboxylic acids is 1. The Labute approximate surface area is 183 Å². The summed E-state index contributed by atoms with van der Waals surface area (Å²) in [6.07, 6.45) is 3.31. The van der Waals surface area contributed by atoms with Crippen molar-refractivity contribution in [3.63, 3.8) is 0 Å². The highest BCUT2D eigenvalue weighted by molar-refractivity contribution is 5.85. The lowest BCUT2D eigenvalue weighted by atomic mass is 9.71. The van der Waals surface area contributed by atoms with Gasteiger partial charge in [0.15, 0.2) is 0 Å². The largest absolute Gasteiger partial charge is 0.479 e. The molecule has 1 aromatic carbocycles. The molecule has 1 aliphatic rings. The molecule has 1 heterocycles. The number of likely N-dealkylation sites (tertiary alicyclic amines) is 1. The second-order valence-corrected chi connectivity index (χ2v) is 8.47. The third kappa shape index (κ3) is 7.96.